The summed E-state index contributed by atoms with van der Waals surface area (Å²) >= 11 is 0. The molecule has 1 saturated heterocycles. The Morgan fingerprint density at radius 2 is 1.89 bits per heavy atom. The summed E-state index contributed by atoms with van der Waals surface area (Å²) in [5.41, 5.74) is 0.482. The van der Waals surface area contributed by atoms with Crippen LogP contribution in [0, 0.1) is 5.92 Å². The van der Waals surface area contributed by atoms with Gasteiger partial charge >= 0.3 is 6.18 Å². The van der Waals surface area contributed by atoms with Crippen LogP contribution in [0.15, 0.2) is 12.4 Å². The van der Waals surface area contributed by atoms with E-state index in [2.05, 4.69) is 20.5 Å². The second kappa shape index (κ2) is 4.32. The predicted octanol–water partition coefficient (Wildman–Crippen LogP) is 1.30. The minimum Gasteiger partial charge on any atom is -0.355 e. The maximum atomic E-state index is 12.6. The SMILES string of the molecule is FC(F)(F)C1CCN(c2cncc3nnnn23)CC1. The van der Waals surface area contributed by atoms with Crippen molar-refractivity contribution in [2.45, 2.75) is 19.0 Å². The zero-order valence-electron chi connectivity index (χ0n) is 9.88. The Labute approximate surface area is 106 Å². The van der Waals surface area contributed by atoms with Crippen LogP contribution < -0.4 is 4.90 Å². The van der Waals surface area contributed by atoms with Crippen LogP contribution in [0.1, 0.15) is 12.8 Å². The minimum atomic E-state index is -4.11. The van der Waals surface area contributed by atoms with Crippen molar-refractivity contribution in [3.05, 3.63) is 12.4 Å². The van der Waals surface area contributed by atoms with E-state index in [-0.39, 0.29) is 12.8 Å². The Bertz CT molecular complexity index is 572. The van der Waals surface area contributed by atoms with Crippen molar-refractivity contribution >= 4 is 11.5 Å². The van der Waals surface area contributed by atoms with Gasteiger partial charge in [0.2, 0.25) is 0 Å². The second-order valence-corrected chi connectivity index (χ2v) is 4.52. The summed E-state index contributed by atoms with van der Waals surface area (Å²) in [6.07, 6.45) is -0.863. The first-order valence-corrected chi connectivity index (χ1v) is 5.89. The Balaban J connectivity index is 1.80. The summed E-state index contributed by atoms with van der Waals surface area (Å²) in [6, 6.07) is 0. The first kappa shape index (κ1) is 12.1. The lowest BCUT2D eigenvalue weighted by Gasteiger charge is -2.33. The van der Waals surface area contributed by atoms with Gasteiger partial charge in [0.05, 0.1) is 18.3 Å². The van der Waals surface area contributed by atoms with E-state index < -0.39 is 12.1 Å². The Kier molecular flexibility index (Phi) is 2.76. The Morgan fingerprint density at radius 1 is 1.16 bits per heavy atom. The van der Waals surface area contributed by atoms with Crippen molar-refractivity contribution in [2.75, 3.05) is 18.0 Å². The monoisotopic (exact) mass is 272 g/mol. The molecule has 1 aliphatic heterocycles. The Morgan fingerprint density at radius 3 is 2.58 bits per heavy atom. The van der Waals surface area contributed by atoms with E-state index in [1.807, 2.05) is 4.90 Å². The molecule has 19 heavy (non-hydrogen) atoms. The summed E-state index contributed by atoms with van der Waals surface area (Å²) in [4.78, 5) is 5.83. The van der Waals surface area contributed by atoms with Crippen molar-refractivity contribution < 1.29 is 13.2 Å². The molecule has 1 fully saturated rings. The van der Waals surface area contributed by atoms with Crippen LogP contribution in [0.4, 0.5) is 19.0 Å². The molecule has 0 radical (unpaired) electrons. The molecule has 0 N–H and O–H groups in total. The van der Waals surface area contributed by atoms with E-state index in [0.717, 1.165) is 0 Å². The van der Waals surface area contributed by atoms with Gasteiger partial charge in [-0.3, -0.25) is 4.98 Å². The van der Waals surface area contributed by atoms with Gasteiger partial charge in [-0.25, -0.2) is 0 Å². The third-order valence-electron chi connectivity index (χ3n) is 3.37. The van der Waals surface area contributed by atoms with Crippen LogP contribution in [-0.2, 0) is 0 Å². The van der Waals surface area contributed by atoms with Crippen molar-refractivity contribution in [1.29, 1.82) is 0 Å². The molecule has 0 unspecified atom stereocenters. The average Bonchev–Trinajstić information content (AvgIpc) is 2.86. The van der Waals surface area contributed by atoms with E-state index in [9.17, 15) is 13.2 Å². The van der Waals surface area contributed by atoms with E-state index in [0.29, 0.717) is 24.6 Å². The van der Waals surface area contributed by atoms with Crippen LogP contribution in [-0.4, -0.2) is 44.3 Å². The van der Waals surface area contributed by atoms with Gasteiger partial charge in [0.1, 0.15) is 0 Å². The average molecular weight is 272 g/mol. The zero-order valence-corrected chi connectivity index (χ0v) is 9.88. The standard InChI is InChI=1S/C10H11F3N6/c11-10(12,13)7-1-3-18(4-2-7)9-6-14-5-8-15-16-17-19(8)9/h5-7H,1-4H2. The maximum absolute atomic E-state index is 12.6. The third kappa shape index (κ3) is 2.20. The molecule has 0 saturated carbocycles. The molecule has 0 amide bonds. The number of hydrogen-bond donors (Lipinski definition) is 0. The van der Waals surface area contributed by atoms with E-state index in [1.165, 1.54) is 10.7 Å². The first-order valence-electron chi connectivity index (χ1n) is 5.89. The summed E-state index contributed by atoms with van der Waals surface area (Å²) in [6.45, 7) is 0.648. The fourth-order valence-corrected chi connectivity index (χ4v) is 2.31. The number of fused-ring (bicyclic) bond motifs is 1. The molecule has 1 aliphatic rings. The maximum Gasteiger partial charge on any atom is 0.391 e. The summed E-state index contributed by atoms with van der Waals surface area (Å²) in [5.74, 6) is -0.590. The third-order valence-corrected chi connectivity index (χ3v) is 3.37. The van der Waals surface area contributed by atoms with Crippen molar-refractivity contribution in [1.82, 2.24) is 25.0 Å². The van der Waals surface area contributed by atoms with Gasteiger partial charge in [0.25, 0.3) is 0 Å². The molecule has 2 aromatic heterocycles. The molecule has 3 rings (SSSR count). The fraction of sp³-hybridized carbons (Fsp3) is 0.600. The number of aromatic nitrogens is 5. The number of tetrazole rings is 1. The quantitative estimate of drug-likeness (QED) is 0.783. The highest BCUT2D eigenvalue weighted by Gasteiger charge is 2.41. The fourth-order valence-electron chi connectivity index (χ4n) is 2.31. The summed E-state index contributed by atoms with van der Waals surface area (Å²) in [7, 11) is 0. The van der Waals surface area contributed by atoms with E-state index in [4.69, 9.17) is 0 Å². The lowest BCUT2D eigenvalue weighted by Crippen LogP contribution is -2.39. The number of piperidine rings is 1. The van der Waals surface area contributed by atoms with Gasteiger partial charge in [0.15, 0.2) is 11.5 Å². The molecule has 3 heterocycles. The topological polar surface area (TPSA) is 59.2 Å². The van der Waals surface area contributed by atoms with Gasteiger partial charge in [-0.1, -0.05) is 0 Å². The summed E-state index contributed by atoms with van der Waals surface area (Å²) in [5, 5.41) is 11.1. The van der Waals surface area contributed by atoms with Crippen LogP contribution in [0.25, 0.3) is 5.65 Å². The number of halogens is 3. The molecule has 0 atom stereocenters. The molecular formula is C10H11F3N6. The smallest absolute Gasteiger partial charge is 0.355 e. The van der Waals surface area contributed by atoms with Gasteiger partial charge in [-0.2, -0.15) is 17.7 Å². The normalized spacial score (nSPS) is 18.2. The second-order valence-electron chi connectivity index (χ2n) is 4.52. The first-order chi connectivity index (χ1) is 9.05. The lowest BCUT2D eigenvalue weighted by molar-refractivity contribution is -0.179. The molecule has 0 bridgehead atoms. The van der Waals surface area contributed by atoms with Gasteiger partial charge < -0.3 is 4.90 Å². The molecule has 102 valence electrons. The molecule has 0 aliphatic carbocycles. The van der Waals surface area contributed by atoms with Crippen molar-refractivity contribution in [3.63, 3.8) is 0 Å². The number of alkyl halides is 3. The lowest BCUT2D eigenvalue weighted by atomic mass is 9.96. The van der Waals surface area contributed by atoms with Gasteiger partial charge in [0, 0.05) is 13.1 Å². The molecule has 0 spiro atoms. The number of rotatable bonds is 1. The molecule has 0 aromatic carbocycles. The van der Waals surface area contributed by atoms with Crippen molar-refractivity contribution in [3.8, 4) is 0 Å². The van der Waals surface area contributed by atoms with Gasteiger partial charge in [-0.15, -0.1) is 5.10 Å². The summed E-state index contributed by atoms with van der Waals surface area (Å²) < 4.78 is 39.3. The highest BCUT2D eigenvalue weighted by Crippen LogP contribution is 2.35. The van der Waals surface area contributed by atoms with Crippen LogP contribution >= 0.6 is 0 Å². The predicted molar refractivity (Wildman–Crippen MR) is 59.6 cm³/mol. The largest absolute Gasteiger partial charge is 0.391 e. The van der Waals surface area contributed by atoms with Crippen LogP contribution in [0.2, 0.25) is 0 Å². The van der Waals surface area contributed by atoms with Crippen LogP contribution in [0.5, 0.6) is 0 Å². The zero-order chi connectivity index (χ0) is 13.5. The highest BCUT2D eigenvalue weighted by atomic mass is 19.4. The molecule has 2 aromatic rings. The number of anilines is 1. The number of hydrogen-bond acceptors (Lipinski definition) is 5. The van der Waals surface area contributed by atoms with Crippen LogP contribution in [0.3, 0.4) is 0 Å². The molecule has 9 heteroatoms. The highest BCUT2D eigenvalue weighted by molar-refractivity contribution is 5.46. The minimum absolute atomic E-state index is 0.0853. The van der Waals surface area contributed by atoms with E-state index >= 15 is 0 Å². The number of nitrogens with zero attached hydrogens (tertiary/aromatic N) is 6. The van der Waals surface area contributed by atoms with E-state index in [1.54, 1.807) is 6.20 Å². The molecular weight excluding hydrogens is 261 g/mol. The van der Waals surface area contributed by atoms with Crippen molar-refractivity contribution in [2.24, 2.45) is 5.92 Å². The van der Waals surface area contributed by atoms with Gasteiger partial charge in [-0.05, 0) is 23.3 Å². The molecule has 6 nitrogen and oxygen atoms in total. The Hall–Kier alpha value is -1.93.